The minimum atomic E-state index is -0.325. The lowest BCUT2D eigenvalue weighted by Gasteiger charge is -2.14. The van der Waals surface area contributed by atoms with Crippen molar-refractivity contribution in [3.63, 3.8) is 0 Å². The fraction of sp³-hybridized carbons (Fsp3) is 0.909. The normalized spacial score (nSPS) is 24.1. The summed E-state index contributed by atoms with van der Waals surface area (Å²) in [5.41, 5.74) is 5.72. The Morgan fingerprint density at radius 3 is 2.93 bits per heavy atom. The van der Waals surface area contributed by atoms with E-state index in [2.05, 4.69) is 17.3 Å². The molecule has 2 unspecified atom stereocenters. The van der Waals surface area contributed by atoms with Gasteiger partial charge in [0.1, 0.15) is 0 Å². The molecule has 0 aliphatic carbocycles. The van der Waals surface area contributed by atoms with Gasteiger partial charge in [-0.15, -0.1) is 0 Å². The average Bonchev–Trinajstić information content (AvgIpc) is 2.61. The van der Waals surface area contributed by atoms with Crippen molar-refractivity contribution in [1.29, 1.82) is 0 Å². The smallest absolute Gasteiger partial charge is 0.236 e. The van der Waals surface area contributed by atoms with Crippen molar-refractivity contribution >= 4 is 5.91 Å². The number of amides is 1. The number of hydrogen-bond acceptors (Lipinski definition) is 3. The molecule has 0 bridgehead atoms. The Balaban J connectivity index is 2.16. The van der Waals surface area contributed by atoms with Crippen LogP contribution in [0, 0.1) is 5.92 Å². The Morgan fingerprint density at radius 2 is 2.40 bits per heavy atom. The van der Waals surface area contributed by atoms with Gasteiger partial charge in [0.15, 0.2) is 0 Å². The van der Waals surface area contributed by atoms with Crippen LogP contribution in [-0.4, -0.2) is 43.5 Å². The molecule has 0 spiro atoms. The first-order valence-corrected chi connectivity index (χ1v) is 5.85. The van der Waals surface area contributed by atoms with E-state index in [0.717, 1.165) is 32.5 Å². The van der Waals surface area contributed by atoms with E-state index in [4.69, 9.17) is 5.73 Å². The average molecular weight is 213 g/mol. The second-order valence-electron chi connectivity index (χ2n) is 4.56. The number of likely N-dealkylation sites (tertiary alicyclic amines) is 1. The van der Waals surface area contributed by atoms with E-state index in [9.17, 15) is 4.79 Å². The molecule has 15 heavy (non-hydrogen) atoms. The molecule has 0 aromatic rings. The zero-order valence-electron chi connectivity index (χ0n) is 9.83. The fourth-order valence-electron chi connectivity index (χ4n) is 2.01. The minimum Gasteiger partial charge on any atom is -0.354 e. The number of nitrogens with two attached hydrogens (primary N) is 1. The molecule has 1 aliphatic heterocycles. The van der Waals surface area contributed by atoms with Gasteiger partial charge in [-0.3, -0.25) is 4.79 Å². The Kier molecular flexibility index (Phi) is 5.05. The summed E-state index contributed by atoms with van der Waals surface area (Å²) in [6.45, 7) is 5.05. The zero-order chi connectivity index (χ0) is 11.3. The van der Waals surface area contributed by atoms with Crippen LogP contribution in [0.2, 0.25) is 0 Å². The molecule has 1 fully saturated rings. The van der Waals surface area contributed by atoms with Crippen molar-refractivity contribution in [2.75, 3.05) is 26.7 Å². The molecule has 3 N–H and O–H groups in total. The summed E-state index contributed by atoms with van der Waals surface area (Å²) in [7, 11) is 2.12. The third-order valence-corrected chi connectivity index (χ3v) is 2.99. The summed E-state index contributed by atoms with van der Waals surface area (Å²) in [6, 6.07) is -0.325. The molecule has 0 aromatic heterocycles. The van der Waals surface area contributed by atoms with Crippen LogP contribution in [0.5, 0.6) is 0 Å². The fourth-order valence-corrected chi connectivity index (χ4v) is 2.01. The first-order chi connectivity index (χ1) is 7.13. The summed E-state index contributed by atoms with van der Waals surface area (Å²) in [6.07, 6.45) is 2.91. The Morgan fingerprint density at radius 1 is 1.67 bits per heavy atom. The van der Waals surface area contributed by atoms with Crippen molar-refractivity contribution in [2.45, 2.75) is 32.2 Å². The van der Waals surface area contributed by atoms with Gasteiger partial charge in [0.05, 0.1) is 6.04 Å². The van der Waals surface area contributed by atoms with Gasteiger partial charge in [-0.25, -0.2) is 0 Å². The zero-order valence-corrected chi connectivity index (χ0v) is 9.83. The maximum absolute atomic E-state index is 11.5. The predicted octanol–water partition coefficient (Wildman–Crippen LogP) is 0.182. The van der Waals surface area contributed by atoms with Crippen LogP contribution in [0.15, 0.2) is 0 Å². The summed E-state index contributed by atoms with van der Waals surface area (Å²) < 4.78 is 0. The third-order valence-electron chi connectivity index (χ3n) is 2.99. The van der Waals surface area contributed by atoms with Gasteiger partial charge in [-0.1, -0.05) is 13.3 Å². The second kappa shape index (κ2) is 6.08. The highest BCUT2D eigenvalue weighted by molar-refractivity contribution is 5.81. The lowest BCUT2D eigenvalue weighted by molar-refractivity contribution is -0.122. The first kappa shape index (κ1) is 12.5. The molecule has 1 amide bonds. The molecule has 88 valence electrons. The van der Waals surface area contributed by atoms with E-state index in [0.29, 0.717) is 5.92 Å². The van der Waals surface area contributed by atoms with E-state index in [1.807, 2.05) is 6.92 Å². The number of nitrogens with zero attached hydrogens (tertiary/aromatic N) is 1. The van der Waals surface area contributed by atoms with Crippen molar-refractivity contribution < 1.29 is 4.79 Å². The molecule has 2 atom stereocenters. The topological polar surface area (TPSA) is 58.4 Å². The van der Waals surface area contributed by atoms with Crippen LogP contribution in [0.3, 0.4) is 0 Å². The Bertz CT molecular complexity index is 208. The highest BCUT2D eigenvalue weighted by atomic mass is 16.2. The Labute approximate surface area is 92.2 Å². The molecule has 4 heteroatoms. The quantitative estimate of drug-likeness (QED) is 0.685. The molecule has 1 aliphatic rings. The van der Waals surface area contributed by atoms with Gasteiger partial charge in [0, 0.05) is 13.1 Å². The number of carbonyl (C=O) groups excluding carboxylic acids is 1. The van der Waals surface area contributed by atoms with Gasteiger partial charge in [-0.05, 0) is 32.4 Å². The number of hydrogen-bond donors (Lipinski definition) is 2. The first-order valence-electron chi connectivity index (χ1n) is 5.85. The van der Waals surface area contributed by atoms with Crippen LogP contribution in [0.1, 0.15) is 26.2 Å². The summed E-state index contributed by atoms with van der Waals surface area (Å²) in [5.74, 6) is 0.610. The third kappa shape index (κ3) is 4.18. The van der Waals surface area contributed by atoms with E-state index >= 15 is 0 Å². The number of nitrogens with one attached hydrogen (secondary N) is 1. The highest BCUT2D eigenvalue weighted by Crippen LogP contribution is 2.12. The second-order valence-corrected chi connectivity index (χ2v) is 4.56. The number of carbonyl (C=O) groups is 1. The minimum absolute atomic E-state index is 0.00593. The lowest BCUT2D eigenvalue weighted by atomic mass is 10.1. The molecule has 1 heterocycles. The maximum Gasteiger partial charge on any atom is 0.236 e. The van der Waals surface area contributed by atoms with E-state index in [1.165, 1.54) is 6.42 Å². The highest BCUT2D eigenvalue weighted by Gasteiger charge is 2.20. The molecule has 0 saturated carbocycles. The van der Waals surface area contributed by atoms with Crippen LogP contribution in [0.4, 0.5) is 0 Å². The maximum atomic E-state index is 11.5. The van der Waals surface area contributed by atoms with Crippen molar-refractivity contribution in [3.8, 4) is 0 Å². The van der Waals surface area contributed by atoms with Gasteiger partial charge in [0.2, 0.25) is 5.91 Å². The predicted molar refractivity (Wildman–Crippen MR) is 61.5 cm³/mol. The molecule has 4 nitrogen and oxygen atoms in total. The molecule has 1 rings (SSSR count). The molecular weight excluding hydrogens is 190 g/mol. The van der Waals surface area contributed by atoms with Gasteiger partial charge < -0.3 is 16.0 Å². The van der Waals surface area contributed by atoms with Crippen molar-refractivity contribution in [3.05, 3.63) is 0 Å². The molecular formula is C11H23N3O. The van der Waals surface area contributed by atoms with Gasteiger partial charge in [-0.2, -0.15) is 0 Å². The van der Waals surface area contributed by atoms with Gasteiger partial charge >= 0.3 is 0 Å². The van der Waals surface area contributed by atoms with E-state index in [1.54, 1.807) is 0 Å². The largest absolute Gasteiger partial charge is 0.354 e. The number of rotatable bonds is 5. The van der Waals surface area contributed by atoms with E-state index < -0.39 is 0 Å². The standard InChI is InChI=1S/C11H23N3O/c1-3-4-10(12)11(15)13-7-9-5-6-14(2)8-9/h9-10H,3-8,12H2,1-2H3,(H,13,15). The van der Waals surface area contributed by atoms with Crippen molar-refractivity contribution in [1.82, 2.24) is 10.2 Å². The summed E-state index contributed by atoms with van der Waals surface area (Å²) in [5, 5.41) is 2.94. The monoisotopic (exact) mass is 213 g/mol. The van der Waals surface area contributed by atoms with Crippen molar-refractivity contribution in [2.24, 2.45) is 11.7 Å². The Hall–Kier alpha value is -0.610. The molecule has 0 radical (unpaired) electrons. The SMILES string of the molecule is CCCC(N)C(=O)NCC1CCN(C)C1. The summed E-state index contributed by atoms with van der Waals surface area (Å²) in [4.78, 5) is 13.8. The van der Waals surface area contributed by atoms with Crippen LogP contribution >= 0.6 is 0 Å². The van der Waals surface area contributed by atoms with Crippen LogP contribution in [0.25, 0.3) is 0 Å². The molecule has 1 saturated heterocycles. The van der Waals surface area contributed by atoms with E-state index in [-0.39, 0.29) is 11.9 Å². The molecule has 0 aromatic carbocycles. The van der Waals surface area contributed by atoms with Crippen LogP contribution in [-0.2, 0) is 4.79 Å². The lowest BCUT2D eigenvalue weighted by Crippen LogP contribution is -2.42. The van der Waals surface area contributed by atoms with Crippen LogP contribution < -0.4 is 11.1 Å². The van der Waals surface area contributed by atoms with Gasteiger partial charge in [0.25, 0.3) is 0 Å². The summed E-state index contributed by atoms with van der Waals surface area (Å²) >= 11 is 0.